The van der Waals surface area contributed by atoms with Gasteiger partial charge in [0, 0.05) is 0 Å². The van der Waals surface area contributed by atoms with Crippen LogP contribution in [0.5, 0.6) is 5.75 Å². The molecule has 0 fully saturated rings. The fourth-order valence-corrected chi connectivity index (χ4v) is 1.30. The van der Waals surface area contributed by atoms with E-state index in [9.17, 15) is 0 Å². The number of methoxy groups -OCH3 is 1. The lowest BCUT2D eigenvalue weighted by molar-refractivity contribution is 0.356. The normalized spacial score (nSPS) is 12.2. The Bertz CT molecular complexity index is 341. The molecule has 0 saturated carbocycles. The third-order valence-corrected chi connectivity index (χ3v) is 2.05. The third kappa shape index (κ3) is 2.24. The van der Waals surface area contributed by atoms with E-state index < -0.39 is 0 Å². The van der Waals surface area contributed by atoms with Gasteiger partial charge in [-0.05, 0) is 31.8 Å². The highest BCUT2D eigenvalue weighted by atomic mass is 16.5. The summed E-state index contributed by atoms with van der Waals surface area (Å²) in [5.74, 6) is 0.782. The zero-order valence-corrected chi connectivity index (χ0v) is 8.69. The molecule has 3 heteroatoms. The van der Waals surface area contributed by atoms with Crippen molar-refractivity contribution in [3.8, 4) is 11.8 Å². The van der Waals surface area contributed by atoms with Crippen molar-refractivity contribution >= 4 is 0 Å². The molecule has 0 aliphatic heterocycles. The van der Waals surface area contributed by atoms with Gasteiger partial charge >= 0.3 is 0 Å². The monoisotopic (exact) mass is 190 g/mol. The molecule has 14 heavy (non-hydrogen) atoms. The molecule has 1 unspecified atom stereocenters. The fourth-order valence-electron chi connectivity index (χ4n) is 1.30. The number of hydrogen-bond donors (Lipinski definition) is 0. The van der Waals surface area contributed by atoms with Crippen molar-refractivity contribution in [2.24, 2.45) is 0 Å². The maximum absolute atomic E-state index is 8.98. The SMILES string of the molecule is COc1cccc(C(C#N)N(C)C)c1. The van der Waals surface area contributed by atoms with Crippen LogP contribution in [0.4, 0.5) is 0 Å². The number of ether oxygens (including phenoxy) is 1. The topological polar surface area (TPSA) is 36.3 Å². The van der Waals surface area contributed by atoms with Gasteiger partial charge in [-0.15, -0.1) is 0 Å². The Kier molecular flexibility index (Phi) is 3.49. The number of benzene rings is 1. The molecule has 0 heterocycles. The molecule has 1 aromatic carbocycles. The first-order valence-corrected chi connectivity index (χ1v) is 4.39. The molecular formula is C11H14N2O. The van der Waals surface area contributed by atoms with Gasteiger partial charge in [-0.25, -0.2) is 0 Å². The third-order valence-electron chi connectivity index (χ3n) is 2.05. The highest BCUT2D eigenvalue weighted by Gasteiger charge is 2.12. The van der Waals surface area contributed by atoms with Crippen LogP contribution in [0, 0.1) is 11.3 Å². The number of rotatable bonds is 3. The molecule has 0 aliphatic carbocycles. The van der Waals surface area contributed by atoms with Gasteiger partial charge < -0.3 is 4.74 Å². The van der Waals surface area contributed by atoms with Crippen molar-refractivity contribution in [1.29, 1.82) is 5.26 Å². The van der Waals surface area contributed by atoms with E-state index in [0.29, 0.717) is 0 Å². The van der Waals surface area contributed by atoms with E-state index in [4.69, 9.17) is 10.00 Å². The van der Waals surface area contributed by atoms with E-state index in [1.807, 2.05) is 43.3 Å². The molecular weight excluding hydrogens is 176 g/mol. The summed E-state index contributed by atoms with van der Waals surface area (Å²) in [6, 6.07) is 9.59. The maximum atomic E-state index is 8.98. The molecule has 1 rings (SSSR count). The Hall–Kier alpha value is -1.53. The van der Waals surface area contributed by atoms with Gasteiger partial charge in [-0.1, -0.05) is 12.1 Å². The van der Waals surface area contributed by atoms with Crippen LogP contribution in [0.1, 0.15) is 11.6 Å². The zero-order chi connectivity index (χ0) is 10.6. The predicted molar refractivity (Wildman–Crippen MR) is 55.0 cm³/mol. The van der Waals surface area contributed by atoms with Gasteiger partial charge in [0.1, 0.15) is 11.8 Å². The Morgan fingerprint density at radius 2 is 2.14 bits per heavy atom. The summed E-state index contributed by atoms with van der Waals surface area (Å²) in [5.41, 5.74) is 0.955. The summed E-state index contributed by atoms with van der Waals surface area (Å²) < 4.78 is 5.10. The van der Waals surface area contributed by atoms with E-state index in [1.165, 1.54) is 0 Å². The standard InChI is InChI=1S/C11H14N2O/c1-13(2)11(8-12)9-5-4-6-10(7-9)14-3/h4-7,11H,1-3H3. The van der Waals surface area contributed by atoms with Crippen LogP contribution in [0.15, 0.2) is 24.3 Å². The minimum Gasteiger partial charge on any atom is -0.497 e. The first-order valence-electron chi connectivity index (χ1n) is 4.39. The van der Waals surface area contributed by atoms with Crippen molar-refractivity contribution in [3.05, 3.63) is 29.8 Å². The molecule has 0 amide bonds. The summed E-state index contributed by atoms with van der Waals surface area (Å²) in [6.45, 7) is 0. The van der Waals surface area contributed by atoms with Crippen LogP contribution >= 0.6 is 0 Å². The molecule has 0 spiro atoms. The van der Waals surface area contributed by atoms with E-state index in [1.54, 1.807) is 7.11 Å². The molecule has 0 bridgehead atoms. The van der Waals surface area contributed by atoms with Crippen molar-refractivity contribution in [2.75, 3.05) is 21.2 Å². The van der Waals surface area contributed by atoms with Gasteiger partial charge in [-0.2, -0.15) is 5.26 Å². The zero-order valence-electron chi connectivity index (χ0n) is 8.69. The molecule has 0 N–H and O–H groups in total. The van der Waals surface area contributed by atoms with Crippen LogP contribution in [-0.2, 0) is 0 Å². The predicted octanol–water partition coefficient (Wildman–Crippen LogP) is 1.82. The molecule has 0 radical (unpaired) electrons. The lowest BCUT2D eigenvalue weighted by atomic mass is 10.1. The highest BCUT2D eigenvalue weighted by molar-refractivity contribution is 5.32. The Balaban J connectivity index is 3.00. The van der Waals surface area contributed by atoms with Gasteiger partial charge in [-0.3, -0.25) is 4.90 Å². The summed E-state index contributed by atoms with van der Waals surface area (Å²) in [6.07, 6.45) is 0. The maximum Gasteiger partial charge on any atom is 0.123 e. The smallest absolute Gasteiger partial charge is 0.123 e. The van der Waals surface area contributed by atoms with Crippen LogP contribution in [0.3, 0.4) is 0 Å². The van der Waals surface area contributed by atoms with Gasteiger partial charge in [0.25, 0.3) is 0 Å². The van der Waals surface area contributed by atoms with Gasteiger partial charge in [0.2, 0.25) is 0 Å². The number of hydrogen-bond acceptors (Lipinski definition) is 3. The van der Waals surface area contributed by atoms with Crippen LogP contribution in [-0.4, -0.2) is 26.1 Å². The molecule has 0 saturated heterocycles. The Morgan fingerprint density at radius 1 is 1.43 bits per heavy atom. The van der Waals surface area contributed by atoms with E-state index in [-0.39, 0.29) is 6.04 Å². The van der Waals surface area contributed by atoms with Crippen molar-refractivity contribution in [1.82, 2.24) is 4.90 Å². The van der Waals surface area contributed by atoms with Crippen LogP contribution in [0.25, 0.3) is 0 Å². The average molecular weight is 190 g/mol. The quantitative estimate of drug-likeness (QED) is 0.729. The minimum absolute atomic E-state index is 0.218. The Morgan fingerprint density at radius 3 is 2.64 bits per heavy atom. The number of nitriles is 1. The summed E-state index contributed by atoms with van der Waals surface area (Å²) in [7, 11) is 5.39. The molecule has 3 nitrogen and oxygen atoms in total. The summed E-state index contributed by atoms with van der Waals surface area (Å²) in [4.78, 5) is 1.87. The molecule has 1 aromatic rings. The molecule has 0 aromatic heterocycles. The lowest BCUT2D eigenvalue weighted by Gasteiger charge is -2.17. The first-order chi connectivity index (χ1) is 6.69. The second kappa shape index (κ2) is 4.64. The summed E-state index contributed by atoms with van der Waals surface area (Å²) in [5, 5.41) is 8.98. The second-order valence-corrected chi connectivity index (χ2v) is 3.27. The van der Waals surface area contributed by atoms with E-state index in [0.717, 1.165) is 11.3 Å². The van der Waals surface area contributed by atoms with Crippen LogP contribution in [0.2, 0.25) is 0 Å². The molecule has 1 atom stereocenters. The van der Waals surface area contributed by atoms with E-state index >= 15 is 0 Å². The lowest BCUT2D eigenvalue weighted by Crippen LogP contribution is -2.18. The second-order valence-electron chi connectivity index (χ2n) is 3.27. The minimum atomic E-state index is -0.218. The van der Waals surface area contributed by atoms with Crippen molar-refractivity contribution < 1.29 is 4.74 Å². The fraction of sp³-hybridized carbons (Fsp3) is 0.364. The van der Waals surface area contributed by atoms with Crippen molar-refractivity contribution in [3.63, 3.8) is 0 Å². The van der Waals surface area contributed by atoms with Gasteiger partial charge in [0.05, 0.1) is 13.2 Å². The largest absolute Gasteiger partial charge is 0.497 e. The molecule has 0 aliphatic rings. The Labute approximate surface area is 84.5 Å². The average Bonchev–Trinajstić information content (AvgIpc) is 2.19. The van der Waals surface area contributed by atoms with Crippen molar-refractivity contribution in [2.45, 2.75) is 6.04 Å². The molecule has 74 valence electrons. The summed E-state index contributed by atoms with van der Waals surface area (Å²) >= 11 is 0. The first kappa shape index (κ1) is 10.6. The van der Waals surface area contributed by atoms with Crippen LogP contribution < -0.4 is 4.74 Å². The van der Waals surface area contributed by atoms with E-state index in [2.05, 4.69) is 6.07 Å². The number of nitrogens with zero attached hydrogens (tertiary/aromatic N) is 2. The highest BCUT2D eigenvalue weighted by Crippen LogP contribution is 2.21. The van der Waals surface area contributed by atoms with Gasteiger partial charge in [0.15, 0.2) is 0 Å².